The number of benzene rings is 2. The Bertz CT molecular complexity index is 839. The number of anilines is 1. The van der Waals surface area contributed by atoms with E-state index < -0.39 is 0 Å². The smallest absolute Gasteiger partial charge is 0.255 e. The van der Waals surface area contributed by atoms with Crippen molar-refractivity contribution in [2.45, 2.75) is 32.7 Å². The normalized spacial score (nSPS) is 16.8. The SMILES string of the molecule is CC(CC(=O)NCc1cccc(NC(=O)c2ccc(F)cc2)c1)C1CCCNC1.Cl. The Labute approximate surface area is 183 Å². The molecule has 5 nitrogen and oxygen atoms in total. The lowest BCUT2D eigenvalue weighted by molar-refractivity contribution is -0.122. The van der Waals surface area contributed by atoms with Crippen LogP contribution in [0.2, 0.25) is 0 Å². The molecule has 0 bridgehead atoms. The molecule has 2 aromatic rings. The monoisotopic (exact) mass is 433 g/mol. The van der Waals surface area contributed by atoms with Gasteiger partial charge in [-0.15, -0.1) is 12.4 Å². The average Bonchev–Trinajstić information content (AvgIpc) is 2.73. The van der Waals surface area contributed by atoms with Gasteiger partial charge in [0.15, 0.2) is 0 Å². The van der Waals surface area contributed by atoms with E-state index in [1.165, 1.54) is 37.1 Å². The maximum Gasteiger partial charge on any atom is 0.255 e. The van der Waals surface area contributed by atoms with E-state index in [4.69, 9.17) is 0 Å². The van der Waals surface area contributed by atoms with Gasteiger partial charge in [0.25, 0.3) is 5.91 Å². The molecular formula is C23H29ClFN3O2. The van der Waals surface area contributed by atoms with Crippen molar-refractivity contribution in [3.8, 4) is 0 Å². The summed E-state index contributed by atoms with van der Waals surface area (Å²) in [7, 11) is 0. The summed E-state index contributed by atoms with van der Waals surface area (Å²) < 4.78 is 13.0. The first-order chi connectivity index (χ1) is 14.0. The van der Waals surface area contributed by atoms with Crippen molar-refractivity contribution < 1.29 is 14.0 Å². The fourth-order valence-corrected chi connectivity index (χ4v) is 3.66. The molecule has 7 heteroatoms. The number of carbonyl (C=O) groups excluding carboxylic acids is 2. The van der Waals surface area contributed by atoms with Crippen molar-refractivity contribution in [1.82, 2.24) is 10.6 Å². The van der Waals surface area contributed by atoms with Crippen molar-refractivity contribution in [2.75, 3.05) is 18.4 Å². The van der Waals surface area contributed by atoms with Crippen LogP contribution in [0.25, 0.3) is 0 Å². The molecule has 162 valence electrons. The Balaban J connectivity index is 0.00000320. The molecule has 3 N–H and O–H groups in total. The molecule has 0 aliphatic carbocycles. The molecule has 3 rings (SSSR count). The second-order valence-electron chi connectivity index (χ2n) is 7.73. The molecule has 0 radical (unpaired) electrons. The lowest BCUT2D eigenvalue weighted by Gasteiger charge is -2.28. The summed E-state index contributed by atoms with van der Waals surface area (Å²) in [5.41, 5.74) is 1.92. The Morgan fingerprint density at radius 2 is 1.97 bits per heavy atom. The predicted octanol–water partition coefficient (Wildman–Crippen LogP) is 4.14. The minimum Gasteiger partial charge on any atom is -0.352 e. The molecule has 2 aromatic carbocycles. The highest BCUT2D eigenvalue weighted by Gasteiger charge is 2.21. The van der Waals surface area contributed by atoms with Gasteiger partial charge in [-0.25, -0.2) is 4.39 Å². The molecule has 1 aliphatic heterocycles. The number of halogens is 2. The third-order valence-electron chi connectivity index (χ3n) is 5.43. The van der Waals surface area contributed by atoms with Crippen LogP contribution in [0, 0.1) is 17.7 Å². The highest BCUT2D eigenvalue weighted by molar-refractivity contribution is 6.04. The Morgan fingerprint density at radius 3 is 2.67 bits per heavy atom. The average molecular weight is 434 g/mol. The highest BCUT2D eigenvalue weighted by atomic mass is 35.5. The summed E-state index contributed by atoms with van der Waals surface area (Å²) in [6.45, 7) is 4.62. The highest BCUT2D eigenvalue weighted by Crippen LogP contribution is 2.22. The summed E-state index contributed by atoms with van der Waals surface area (Å²) in [6, 6.07) is 12.7. The molecule has 1 heterocycles. The van der Waals surface area contributed by atoms with Gasteiger partial charge in [-0.2, -0.15) is 0 Å². The summed E-state index contributed by atoms with van der Waals surface area (Å²) in [5.74, 6) is 0.266. The van der Waals surface area contributed by atoms with Crippen LogP contribution in [0.3, 0.4) is 0 Å². The predicted molar refractivity (Wildman–Crippen MR) is 119 cm³/mol. The molecule has 2 amide bonds. The van der Waals surface area contributed by atoms with Crippen LogP contribution >= 0.6 is 12.4 Å². The van der Waals surface area contributed by atoms with Crippen molar-refractivity contribution >= 4 is 29.9 Å². The van der Waals surface area contributed by atoms with Gasteiger partial charge in [0.05, 0.1) is 0 Å². The number of hydrogen-bond donors (Lipinski definition) is 3. The molecule has 2 unspecified atom stereocenters. The molecule has 1 saturated heterocycles. The number of hydrogen-bond acceptors (Lipinski definition) is 3. The van der Waals surface area contributed by atoms with Crippen LogP contribution in [0.4, 0.5) is 10.1 Å². The summed E-state index contributed by atoms with van der Waals surface area (Å²) in [4.78, 5) is 24.6. The van der Waals surface area contributed by atoms with Crippen molar-refractivity contribution in [3.63, 3.8) is 0 Å². The largest absolute Gasteiger partial charge is 0.352 e. The first kappa shape index (κ1) is 23.8. The zero-order valence-electron chi connectivity index (χ0n) is 17.1. The van der Waals surface area contributed by atoms with E-state index in [1.807, 2.05) is 18.2 Å². The Hall–Kier alpha value is -2.44. The van der Waals surface area contributed by atoms with E-state index in [0.29, 0.717) is 36.1 Å². The lowest BCUT2D eigenvalue weighted by Crippen LogP contribution is -2.35. The molecule has 0 aromatic heterocycles. The third-order valence-corrected chi connectivity index (χ3v) is 5.43. The molecule has 1 fully saturated rings. The van der Waals surface area contributed by atoms with Gasteiger partial charge >= 0.3 is 0 Å². The number of nitrogens with one attached hydrogen (secondary N) is 3. The second-order valence-corrected chi connectivity index (χ2v) is 7.73. The van der Waals surface area contributed by atoms with Gasteiger partial charge in [-0.05, 0) is 79.7 Å². The van der Waals surface area contributed by atoms with E-state index >= 15 is 0 Å². The topological polar surface area (TPSA) is 70.2 Å². The van der Waals surface area contributed by atoms with E-state index in [1.54, 1.807) is 6.07 Å². The van der Waals surface area contributed by atoms with Gasteiger partial charge in [-0.3, -0.25) is 9.59 Å². The van der Waals surface area contributed by atoms with Gasteiger partial charge in [0, 0.05) is 24.2 Å². The zero-order chi connectivity index (χ0) is 20.6. The minimum atomic E-state index is -0.381. The number of amides is 2. The number of piperidine rings is 1. The third kappa shape index (κ3) is 7.11. The van der Waals surface area contributed by atoms with Gasteiger partial charge < -0.3 is 16.0 Å². The van der Waals surface area contributed by atoms with Gasteiger partial charge in [0.2, 0.25) is 5.91 Å². The van der Waals surface area contributed by atoms with E-state index in [-0.39, 0.29) is 30.0 Å². The fraction of sp³-hybridized carbons (Fsp3) is 0.391. The maximum atomic E-state index is 13.0. The van der Waals surface area contributed by atoms with Crippen LogP contribution < -0.4 is 16.0 Å². The standard InChI is InChI=1S/C23H28FN3O2.ClH/c1-16(19-5-3-11-25-15-19)12-22(28)26-14-17-4-2-6-21(13-17)27-23(29)18-7-9-20(24)10-8-18;/h2,4,6-10,13,16,19,25H,3,5,11-12,14-15H2,1H3,(H,26,28)(H,27,29);1H. The molecule has 1 aliphatic rings. The first-order valence-corrected chi connectivity index (χ1v) is 10.1. The van der Waals surface area contributed by atoms with Crippen LogP contribution in [-0.2, 0) is 11.3 Å². The minimum absolute atomic E-state index is 0. The fourth-order valence-electron chi connectivity index (χ4n) is 3.66. The molecule has 30 heavy (non-hydrogen) atoms. The first-order valence-electron chi connectivity index (χ1n) is 10.1. The van der Waals surface area contributed by atoms with Gasteiger partial charge in [0.1, 0.15) is 5.82 Å². The van der Waals surface area contributed by atoms with Crippen molar-refractivity contribution in [3.05, 3.63) is 65.5 Å². The summed E-state index contributed by atoms with van der Waals surface area (Å²) in [6.07, 6.45) is 2.87. The number of rotatable bonds is 7. The maximum absolute atomic E-state index is 13.0. The quantitative estimate of drug-likeness (QED) is 0.614. The Kier molecular flexibility index (Phi) is 9.27. The van der Waals surface area contributed by atoms with Crippen LogP contribution in [0.5, 0.6) is 0 Å². The van der Waals surface area contributed by atoms with Crippen molar-refractivity contribution in [2.24, 2.45) is 11.8 Å². The summed E-state index contributed by atoms with van der Waals surface area (Å²) in [5, 5.41) is 9.17. The lowest BCUT2D eigenvalue weighted by atomic mass is 9.85. The molecule has 0 spiro atoms. The van der Waals surface area contributed by atoms with Crippen molar-refractivity contribution in [1.29, 1.82) is 0 Å². The summed E-state index contributed by atoms with van der Waals surface area (Å²) >= 11 is 0. The van der Waals surface area contributed by atoms with Crippen LogP contribution in [0.15, 0.2) is 48.5 Å². The van der Waals surface area contributed by atoms with E-state index in [9.17, 15) is 14.0 Å². The zero-order valence-corrected chi connectivity index (χ0v) is 17.9. The van der Waals surface area contributed by atoms with Gasteiger partial charge in [-0.1, -0.05) is 19.1 Å². The number of carbonyl (C=O) groups is 2. The van der Waals surface area contributed by atoms with Crippen LogP contribution in [-0.4, -0.2) is 24.9 Å². The Morgan fingerprint density at radius 1 is 1.20 bits per heavy atom. The second kappa shape index (κ2) is 11.7. The van der Waals surface area contributed by atoms with Crippen LogP contribution in [0.1, 0.15) is 42.1 Å². The van der Waals surface area contributed by atoms with E-state index in [2.05, 4.69) is 22.9 Å². The molecule has 2 atom stereocenters. The molecule has 0 saturated carbocycles. The van der Waals surface area contributed by atoms with E-state index in [0.717, 1.165) is 18.7 Å². The molecular weight excluding hydrogens is 405 g/mol.